The van der Waals surface area contributed by atoms with Gasteiger partial charge in [0.15, 0.2) is 0 Å². The summed E-state index contributed by atoms with van der Waals surface area (Å²) in [6.07, 6.45) is 6.83. The summed E-state index contributed by atoms with van der Waals surface area (Å²) in [5, 5.41) is -0.117. The summed E-state index contributed by atoms with van der Waals surface area (Å²) >= 11 is 6.41. The van der Waals surface area contributed by atoms with Crippen LogP contribution in [0.5, 0.6) is 5.75 Å². The lowest BCUT2D eigenvalue weighted by Gasteiger charge is -2.48. The number of carbonyl (C=O) groups is 1. The summed E-state index contributed by atoms with van der Waals surface area (Å²) in [6.45, 7) is 4.32. The van der Waals surface area contributed by atoms with Gasteiger partial charge in [0.25, 0.3) is 5.91 Å². The van der Waals surface area contributed by atoms with Gasteiger partial charge in [0, 0.05) is 42.1 Å². The van der Waals surface area contributed by atoms with Gasteiger partial charge in [-0.15, -0.1) is 0 Å². The van der Waals surface area contributed by atoms with E-state index in [1.165, 1.54) is 11.1 Å². The molecule has 0 unspecified atom stereocenters. The Morgan fingerprint density at radius 3 is 2.81 bits per heavy atom. The Kier molecular flexibility index (Phi) is 7.44. The van der Waals surface area contributed by atoms with E-state index >= 15 is 0 Å². The van der Waals surface area contributed by atoms with E-state index in [-0.39, 0.29) is 24.2 Å². The van der Waals surface area contributed by atoms with Crippen molar-refractivity contribution in [3.05, 3.63) is 58.1 Å². The number of amides is 1. The lowest BCUT2D eigenvalue weighted by atomic mass is 9.67. The minimum Gasteiger partial charge on any atom is -0.490 e. The number of benzene rings is 2. The van der Waals surface area contributed by atoms with Gasteiger partial charge in [0.1, 0.15) is 11.0 Å². The summed E-state index contributed by atoms with van der Waals surface area (Å²) in [4.78, 5) is 15.7. The molecule has 1 N–H and O–H groups in total. The number of carbonyl (C=O) groups excluding carboxylic acids is 1. The van der Waals surface area contributed by atoms with Crippen LogP contribution in [-0.2, 0) is 31.3 Å². The molecule has 0 aromatic heterocycles. The Bertz CT molecular complexity index is 1480. The van der Waals surface area contributed by atoms with Gasteiger partial charge in [0.2, 0.25) is 10.0 Å². The van der Waals surface area contributed by atoms with Crippen molar-refractivity contribution in [2.45, 2.75) is 74.7 Å². The highest BCUT2D eigenvalue weighted by molar-refractivity contribution is 7.90. The third kappa shape index (κ3) is 5.20. The van der Waals surface area contributed by atoms with Crippen LogP contribution in [0.2, 0.25) is 5.02 Å². The molecule has 2 fully saturated rings. The van der Waals surface area contributed by atoms with Gasteiger partial charge in [-0.2, -0.15) is 0 Å². The topological polar surface area (TPSA) is 94.2 Å². The molecule has 1 spiro atoms. The molecular formula is C32H39ClN2O6S. The van der Waals surface area contributed by atoms with Gasteiger partial charge in [-0.3, -0.25) is 4.79 Å². The van der Waals surface area contributed by atoms with E-state index in [0.29, 0.717) is 30.6 Å². The quantitative estimate of drug-likeness (QED) is 0.453. The second-order valence-corrected chi connectivity index (χ2v) is 15.5. The molecule has 2 aromatic carbocycles. The zero-order valence-corrected chi connectivity index (χ0v) is 25.6. The van der Waals surface area contributed by atoms with E-state index in [1.807, 2.05) is 12.1 Å². The van der Waals surface area contributed by atoms with Crippen molar-refractivity contribution in [2.75, 3.05) is 37.8 Å². The Morgan fingerprint density at radius 1 is 1.10 bits per heavy atom. The highest BCUT2D eigenvalue weighted by Crippen LogP contribution is 2.47. The number of aryl methyl sites for hydroxylation is 1. The maximum absolute atomic E-state index is 13.3. The van der Waals surface area contributed by atoms with E-state index in [9.17, 15) is 13.2 Å². The van der Waals surface area contributed by atoms with Crippen molar-refractivity contribution in [3.63, 3.8) is 0 Å². The number of hydrogen-bond donors (Lipinski definition) is 1. The molecule has 1 saturated carbocycles. The predicted octanol–water partition coefficient (Wildman–Crippen LogP) is 4.87. The van der Waals surface area contributed by atoms with Crippen molar-refractivity contribution < 1.29 is 27.4 Å². The summed E-state index contributed by atoms with van der Waals surface area (Å²) in [5.74, 6) is 0.939. The van der Waals surface area contributed by atoms with Crippen LogP contribution in [0.1, 0.15) is 66.9 Å². The SMILES string of the molecule is C[C@H]1CO[C@@H]2CCO[C@@H](C2)[C@@H]2CC[C@H]2CN2C[C@@]3(CCCc4cc(Cl)ccc43)COc3ccc(cc32)C(=O)NS1(=O)=O. The number of fused-ring (bicyclic) bond motifs is 7. The van der Waals surface area contributed by atoms with Gasteiger partial charge in [-0.25, -0.2) is 13.1 Å². The molecule has 7 rings (SSSR count). The Labute approximate surface area is 253 Å². The van der Waals surface area contributed by atoms with Crippen molar-refractivity contribution >= 4 is 33.2 Å². The number of hydrogen-bond acceptors (Lipinski definition) is 7. The molecule has 3 heterocycles. The normalized spacial score (nSPS) is 34.2. The zero-order valence-electron chi connectivity index (χ0n) is 24.0. The number of sulfonamides is 1. The van der Waals surface area contributed by atoms with Gasteiger partial charge < -0.3 is 19.1 Å². The maximum Gasteiger partial charge on any atom is 0.264 e. The average Bonchev–Trinajstić information content (AvgIpc) is 3.10. The molecule has 1 saturated heterocycles. The van der Waals surface area contributed by atoms with E-state index < -0.39 is 21.2 Å². The fourth-order valence-electron chi connectivity index (χ4n) is 7.74. The van der Waals surface area contributed by atoms with Crippen LogP contribution in [0, 0.1) is 11.8 Å². The minimum absolute atomic E-state index is 0.0364. The third-order valence-corrected chi connectivity index (χ3v) is 12.2. The van der Waals surface area contributed by atoms with E-state index in [4.69, 9.17) is 25.8 Å². The third-order valence-electron chi connectivity index (χ3n) is 10.3. The van der Waals surface area contributed by atoms with E-state index in [0.717, 1.165) is 74.5 Å². The minimum atomic E-state index is -3.93. The molecule has 6 atom stereocenters. The number of ether oxygens (including phenoxy) is 3. The number of rotatable bonds is 0. The molecule has 0 radical (unpaired) electrons. The molecule has 226 valence electrons. The van der Waals surface area contributed by atoms with Crippen molar-refractivity contribution in [3.8, 4) is 5.75 Å². The molecule has 4 bridgehead atoms. The lowest BCUT2D eigenvalue weighted by Crippen LogP contribution is -2.51. The van der Waals surface area contributed by atoms with Crippen LogP contribution in [0.4, 0.5) is 5.69 Å². The van der Waals surface area contributed by atoms with Crippen molar-refractivity contribution in [1.29, 1.82) is 0 Å². The number of nitrogens with one attached hydrogen (secondary N) is 1. The van der Waals surface area contributed by atoms with E-state index in [2.05, 4.69) is 21.8 Å². The standard InChI is InChI=1S/C32H39ClN2O6S/c1-20-17-40-25-10-12-39-30(15-25)26-7-4-23(26)16-35-18-32(11-2-3-21-13-24(33)6-8-27(21)32)19-41-29-9-5-22(14-28(29)35)31(36)34-42(20,37)38/h5-6,8-9,13-14,20,23,25-26,30H,2-4,7,10-12,15-19H2,1H3,(H,34,36)/t20-,23-,25+,26+,30-,32-/m0/s1. The summed E-state index contributed by atoms with van der Waals surface area (Å²) < 4.78 is 47.5. The molecular weight excluding hydrogens is 576 g/mol. The molecule has 10 heteroatoms. The van der Waals surface area contributed by atoms with Crippen molar-refractivity contribution in [1.82, 2.24) is 4.72 Å². The Hall–Kier alpha value is -2.33. The number of anilines is 1. The first-order valence-electron chi connectivity index (χ1n) is 15.3. The Morgan fingerprint density at radius 2 is 1.98 bits per heavy atom. The van der Waals surface area contributed by atoms with Gasteiger partial charge >= 0.3 is 0 Å². The zero-order chi connectivity index (χ0) is 29.1. The number of halogens is 1. The Balaban J connectivity index is 1.29. The van der Waals surface area contributed by atoms with Crippen LogP contribution < -0.4 is 14.4 Å². The van der Waals surface area contributed by atoms with E-state index in [1.54, 1.807) is 19.1 Å². The largest absolute Gasteiger partial charge is 0.490 e. The summed E-state index contributed by atoms with van der Waals surface area (Å²) in [7, 11) is -3.93. The molecule has 42 heavy (non-hydrogen) atoms. The fourth-order valence-corrected chi connectivity index (χ4v) is 8.77. The summed E-state index contributed by atoms with van der Waals surface area (Å²) in [6, 6.07) is 11.5. The van der Waals surface area contributed by atoms with Crippen LogP contribution >= 0.6 is 11.6 Å². The smallest absolute Gasteiger partial charge is 0.264 e. The lowest BCUT2D eigenvalue weighted by molar-refractivity contribution is -0.116. The molecule has 2 aliphatic carbocycles. The molecule has 2 aromatic rings. The van der Waals surface area contributed by atoms with Gasteiger partial charge in [-0.1, -0.05) is 17.7 Å². The molecule has 8 nitrogen and oxygen atoms in total. The second-order valence-electron chi connectivity index (χ2n) is 13.0. The highest BCUT2D eigenvalue weighted by atomic mass is 35.5. The second kappa shape index (κ2) is 11.0. The molecule has 3 aliphatic heterocycles. The fraction of sp³-hybridized carbons (Fsp3) is 0.594. The maximum atomic E-state index is 13.3. The first-order chi connectivity index (χ1) is 20.2. The van der Waals surface area contributed by atoms with Crippen LogP contribution in [-0.4, -0.2) is 64.7 Å². The first kappa shape index (κ1) is 28.4. The summed E-state index contributed by atoms with van der Waals surface area (Å²) in [5.41, 5.74) is 3.48. The first-order valence-corrected chi connectivity index (χ1v) is 17.2. The highest BCUT2D eigenvalue weighted by Gasteiger charge is 2.45. The van der Waals surface area contributed by atoms with Crippen LogP contribution in [0.15, 0.2) is 36.4 Å². The van der Waals surface area contributed by atoms with Gasteiger partial charge in [-0.05, 0) is 98.7 Å². The number of nitrogens with zero attached hydrogens (tertiary/aromatic N) is 1. The van der Waals surface area contributed by atoms with Crippen molar-refractivity contribution in [2.24, 2.45) is 11.8 Å². The van der Waals surface area contributed by atoms with Crippen LogP contribution in [0.25, 0.3) is 0 Å². The van der Waals surface area contributed by atoms with Gasteiger partial charge in [0.05, 0.1) is 31.1 Å². The average molecular weight is 615 g/mol. The molecule has 5 aliphatic rings. The molecule has 1 amide bonds. The van der Waals surface area contributed by atoms with Crippen LogP contribution in [0.3, 0.4) is 0 Å². The monoisotopic (exact) mass is 614 g/mol. The predicted molar refractivity (Wildman–Crippen MR) is 161 cm³/mol.